The lowest BCUT2D eigenvalue weighted by atomic mass is 10.3. The van der Waals surface area contributed by atoms with Crippen molar-refractivity contribution in [2.24, 2.45) is 9.98 Å². The Morgan fingerprint density at radius 2 is 1.96 bits per heavy atom. The number of fused-ring (bicyclic) bond motifs is 1. The number of nitrogens with zero attached hydrogens (tertiary/aromatic N) is 5. The van der Waals surface area contributed by atoms with Gasteiger partial charge < -0.3 is 14.5 Å². The number of rotatable bonds is 4. The van der Waals surface area contributed by atoms with E-state index in [4.69, 9.17) is 4.74 Å². The van der Waals surface area contributed by atoms with Gasteiger partial charge in [-0.05, 0) is 19.1 Å². The number of hydrogen-bond acceptors (Lipinski definition) is 7. The van der Waals surface area contributed by atoms with Crippen LogP contribution >= 0.6 is 0 Å². The van der Waals surface area contributed by atoms with Crippen LogP contribution in [0.5, 0.6) is 5.75 Å². The van der Waals surface area contributed by atoms with E-state index < -0.39 is 10.0 Å². The fourth-order valence-electron chi connectivity index (χ4n) is 3.47. The van der Waals surface area contributed by atoms with Crippen molar-refractivity contribution < 1.29 is 13.2 Å². The number of hydrogen-bond donors (Lipinski definition) is 0. The third-order valence-corrected chi connectivity index (χ3v) is 6.83. The highest BCUT2D eigenvalue weighted by Crippen LogP contribution is 2.24. The molecular weight excluding hydrogens is 366 g/mol. The highest BCUT2D eigenvalue weighted by molar-refractivity contribution is 7.89. The topological polar surface area (TPSA) is 77.8 Å². The van der Waals surface area contributed by atoms with E-state index in [1.165, 1.54) is 11.4 Å². The predicted octanol–water partition coefficient (Wildman–Crippen LogP) is 0.987. The Morgan fingerprint density at radius 3 is 2.70 bits per heavy atom. The molecule has 1 atom stereocenters. The van der Waals surface area contributed by atoms with Crippen LogP contribution in [0.1, 0.15) is 6.92 Å². The lowest BCUT2D eigenvalue weighted by Gasteiger charge is -2.36. The summed E-state index contributed by atoms with van der Waals surface area (Å²) in [6.07, 6.45) is 3.80. The van der Waals surface area contributed by atoms with Gasteiger partial charge in [0.1, 0.15) is 17.4 Å². The van der Waals surface area contributed by atoms with Crippen molar-refractivity contribution in [3.8, 4) is 5.75 Å². The quantitative estimate of drug-likeness (QED) is 0.767. The minimum absolute atomic E-state index is 0.259. The van der Waals surface area contributed by atoms with Crippen molar-refractivity contribution in [1.82, 2.24) is 14.1 Å². The Labute approximate surface area is 159 Å². The van der Waals surface area contributed by atoms with Crippen molar-refractivity contribution >= 4 is 22.2 Å². The molecule has 1 fully saturated rings. The van der Waals surface area contributed by atoms with Crippen molar-refractivity contribution in [2.45, 2.75) is 17.9 Å². The molecule has 4 rings (SSSR count). The third kappa shape index (κ3) is 3.44. The summed E-state index contributed by atoms with van der Waals surface area (Å²) in [6, 6.07) is 6.86. The molecule has 1 saturated heterocycles. The number of amidine groups is 1. The molecule has 27 heavy (non-hydrogen) atoms. The van der Waals surface area contributed by atoms with Gasteiger partial charge in [-0.3, -0.25) is 4.99 Å². The van der Waals surface area contributed by atoms with Gasteiger partial charge in [-0.25, -0.2) is 13.4 Å². The van der Waals surface area contributed by atoms with E-state index in [0.717, 1.165) is 18.2 Å². The van der Waals surface area contributed by atoms with Crippen LogP contribution in [0.4, 0.5) is 0 Å². The largest absolute Gasteiger partial charge is 0.497 e. The zero-order chi connectivity index (χ0) is 19.0. The van der Waals surface area contributed by atoms with Gasteiger partial charge in [0.25, 0.3) is 0 Å². The first-order valence-electron chi connectivity index (χ1n) is 8.97. The van der Waals surface area contributed by atoms with Gasteiger partial charge in [0.2, 0.25) is 10.0 Å². The first-order valence-corrected chi connectivity index (χ1v) is 10.4. The van der Waals surface area contributed by atoms with Crippen LogP contribution < -0.4 is 4.74 Å². The Bertz CT molecular complexity index is 917. The Hall–Kier alpha value is -2.39. The number of benzene rings is 1. The lowest BCUT2D eigenvalue weighted by Crippen LogP contribution is -2.48. The lowest BCUT2D eigenvalue weighted by molar-refractivity contribution is 0.227. The second-order valence-corrected chi connectivity index (χ2v) is 8.74. The molecule has 0 aliphatic carbocycles. The molecule has 3 aliphatic heterocycles. The van der Waals surface area contributed by atoms with Crippen LogP contribution in [0.3, 0.4) is 0 Å². The predicted molar refractivity (Wildman–Crippen MR) is 104 cm³/mol. The average molecular weight is 389 g/mol. The molecule has 3 heterocycles. The second-order valence-electron chi connectivity index (χ2n) is 6.81. The summed E-state index contributed by atoms with van der Waals surface area (Å²) >= 11 is 0. The summed E-state index contributed by atoms with van der Waals surface area (Å²) in [4.78, 5) is 13.5. The van der Waals surface area contributed by atoms with Crippen LogP contribution in [0, 0.1) is 0 Å². The number of piperazine rings is 1. The summed E-state index contributed by atoms with van der Waals surface area (Å²) < 4.78 is 32.5. The molecule has 0 amide bonds. The fraction of sp³-hybridized carbons (Fsp3) is 0.444. The molecular formula is C18H23N5O3S. The minimum atomic E-state index is -3.53. The zero-order valence-electron chi connectivity index (χ0n) is 15.4. The number of sulfonamides is 1. The molecule has 9 heteroatoms. The Balaban J connectivity index is 1.45. The SMILES string of the molecule is COc1cccc(S(=O)(=O)N2CCN(C3=CC4=N[C@H](C)CN4C=N3)CC2)c1. The molecule has 144 valence electrons. The van der Waals surface area contributed by atoms with Crippen LogP contribution in [0.25, 0.3) is 0 Å². The maximum atomic E-state index is 12.9. The molecule has 0 unspecified atom stereocenters. The second kappa shape index (κ2) is 6.97. The molecule has 0 radical (unpaired) electrons. The van der Waals surface area contributed by atoms with E-state index in [9.17, 15) is 8.42 Å². The van der Waals surface area contributed by atoms with Crippen LogP contribution in [-0.2, 0) is 10.0 Å². The Morgan fingerprint density at radius 1 is 1.19 bits per heavy atom. The fourth-order valence-corrected chi connectivity index (χ4v) is 4.93. The molecule has 3 aliphatic rings. The smallest absolute Gasteiger partial charge is 0.243 e. The highest BCUT2D eigenvalue weighted by Gasteiger charge is 2.31. The molecule has 0 spiro atoms. The molecule has 0 saturated carbocycles. The summed E-state index contributed by atoms with van der Waals surface area (Å²) in [6.45, 7) is 4.95. The summed E-state index contributed by atoms with van der Waals surface area (Å²) in [7, 11) is -2.01. The minimum Gasteiger partial charge on any atom is -0.497 e. The van der Waals surface area contributed by atoms with Gasteiger partial charge >= 0.3 is 0 Å². The van der Waals surface area contributed by atoms with Crippen LogP contribution in [0.15, 0.2) is 51.0 Å². The van der Waals surface area contributed by atoms with Crippen molar-refractivity contribution in [3.63, 3.8) is 0 Å². The number of methoxy groups -OCH3 is 1. The molecule has 0 bridgehead atoms. The highest BCUT2D eigenvalue weighted by atomic mass is 32.2. The van der Waals surface area contributed by atoms with Gasteiger partial charge in [-0.1, -0.05) is 6.07 Å². The first-order chi connectivity index (χ1) is 13.0. The normalized spacial score (nSPS) is 23.1. The summed E-state index contributed by atoms with van der Waals surface area (Å²) in [5.74, 6) is 2.31. The van der Waals surface area contributed by atoms with E-state index >= 15 is 0 Å². The molecule has 0 aromatic heterocycles. The van der Waals surface area contributed by atoms with E-state index in [2.05, 4.69) is 21.8 Å². The average Bonchev–Trinajstić information content (AvgIpc) is 3.07. The van der Waals surface area contributed by atoms with Gasteiger partial charge in [0.05, 0.1) is 24.4 Å². The van der Waals surface area contributed by atoms with Gasteiger partial charge in [-0.2, -0.15) is 4.31 Å². The third-order valence-electron chi connectivity index (χ3n) is 4.94. The first kappa shape index (κ1) is 18.0. The van der Waals surface area contributed by atoms with Gasteiger partial charge in [-0.15, -0.1) is 0 Å². The van der Waals surface area contributed by atoms with Gasteiger partial charge in [0, 0.05) is 44.9 Å². The summed E-state index contributed by atoms with van der Waals surface area (Å²) in [5, 5.41) is 0. The standard InChI is InChI=1S/C18H23N5O3S/c1-14-12-22-13-19-17(11-18(22)20-14)21-6-8-23(9-7-21)27(24,25)16-5-3-4-15(10-16)26-2/h3-5,10-11,13-14H,6-9,12H2,1-2H3/t14-/m1/s1. The number of aliphatic imine (C=N–C) groups is 2. The van der Waals surface area contributed by atoms with Gasteiger partial charge in [0.15, 0.2) is 0 Å². The zero-order valence-corrected chi connectivity index (χ0v) is 16.3. The number of ether oxygens (including phenoxy) is 1. The van der Waals surface area contributed by atoms with E-state index in [-0.39, 0.29) is 10.9 Å². The van der Waals surface area contributed by atoms with Crippen molar-refractivity contribution in [2.75, 3.05) is 39.8 Å². The van der Waals surface area contributed by atoms with E-state index in [1.54, 1.807) is 24.3 Å². The van der Waals surface area contributed by atoms with Crippen LogP contribution in [0.2, 0.25) is 0 Å². The Kier molecular flexibility index (Phi) is 4.65. The molecule has 8 nitrogen and oxygen atoms in total. The van der Waals surface area contributed by atoms with Crippen molar-refractivity contribution in [3.05, 3.63) is 36.2 Å². The summed E-state index contributed by atoms with van der Waals surface area (Å²) in [5.41, 5.74) is 0. The molecule has 1 aromatic rings. The van der Waals surface area contributed by atoms with Crippen LogP contribution in [-0.4, -0.2) is 80.6 Å². The van der Waals surface area contributed by atoms with E-state index in [0.29, 0.717) is 31.9 Å². The van der Waals surface area contributed by atoms with Crippen molar-refractivity contribution in [1.29, 1.82) is 0 Å². The maximum Gasteiger partial charge on any atom is 0.243 e. The maximum absolute atomic E-state index is 12.9. The van der Waals surface area contributed by atoms with E-state index in [1.807, 2.05) is 17.3 Å². The molecule has 1 aromatic carbocycles. The molecule has 0 N–H and O–H groups in total. The monoisotopic (exact) mass is 389 g/mol.